The van der Waals surface area contributed by atoms with Crippen molar-refractivity contribution in [2.75, 3.05) is 0 Å². The van der Waals surface area contributed by atoms with Gasteiger partial charge in [0.1, 0.15) is 5.15 Å². The van der Waals surface area contributed by atoms with Gasteiger partial charge in [0.25, 0.3) is 5.95 Å². The highest BCUT2D eigenvalue weighted by atomic mass is 35.5. The van der Waals surface area contributed by atoms with Crippen molar-refractivity contribution in [2.24, 2.45) is 0 Å². The smallest absolute Gasteiger partial charge is 0.220 e. The third kappa shape index (κ3) is 1.93. The highest BCUT2D eigenvalue weighted by Gasteiger charge is 2.19. The second-order valence-electron chi connectivity index (χ2n) is 4.24. The van der Waals surface area contributed by atoms with Crippen LogP contribution in [0, 0.1) is 0 Å². The molecular weight excluding hydrogens is 236 g/mol. The summed E-state index contributed by atoms with van der Waals surface area (Å²) in [7, 11) is 0. The maximum absolute atomic E-state index is 6.37. The fourth-order valence-corrected chi connectivity index (χ4v) is 2.54. The molecule has 0 radical (unpaired) electrons. The van der Waals surface area contributed by atoms with Crippen LogP contribution in [0.15, 0.2) is 18.5 Å². The van der Waals surface area contributed by atoms with Gasteiger partial charge in [0.2, 0.25) is 0 Å². The van der Waals surface area contributed by atoms with Gasteiger partial charge < -0.3 is 0 Å². The average Bonchev–Trinajstić information content (AvgIpc) is 2.56. The van der Waals surface area contributed by atoms with E-state index in [9.17, 15) is 0 Å². The molecule has 88 valence electrons. The Bertz CT molecular complexity index is 521. The first-order valence-corrected chi connectivity index (χ1v) is 6.28. The van der Waals surface area contributed by atoms with Gasteiger partial charge in [0.15, 0.2) is 0 Å². The fourth-order valence-electron chi connectivity index (χ4n) is 2.22. The van der Waals surface area contributed by atoms with Gasteiger partial charge in [-0.2, -0.15) is 9.78 Å². The largest absolute Gasteiger partial charge is 0.251 e. The van der Waals surface area contributed by atoms with E-state index in [4.69, 9.17) is 11.6 Å². The molecule has 0 aromatic carbocycles. The zero-order valence-electron chi connectivity index (χ0n) is 9.43. The molecule has 0 saturated heterocycles. The van der Waals surface area contributed by atoms with Crippen molar-refractivity contribution < 1.29 is 0 Å². The second kappa shape index (κ2) is 4.45. The van der Waals surface area contributed by atoms with Gasteiger partial charge in [-0.25, -0.2) is 9.97 Å². The molecule has 0 aliphatic heterocycles. The second-order valence-corrected chi connectivity index (χ2v) is 4.60. The summed E-state index contributed by atoms with van der Waals surface area (Å²) in [6.07, 6.45) is 9.06. The Morgan fingerprint density at radius 2 is 1.82 bits per heavy atom. The summed E-state index contributed by atoms with van der Waals surface area (Å²) in [5.41, 5.74) is 2.29. The maximum atomic E-state index is 6.37. The standard InChI is InChI=1S/C12H13ClN4/c13-11-9-5-2-1-3-6-10(9)16-17(11)12-14-7-4-8-15-12/h4,7-8H,1-3,5-6H2. The average molecular weight is 249 g/mol. The Balaban J connectivity index is 2.08. The van der Waals surface area contributed by atoms with Crippen molar-refractivity contribution in [3.63, 3.8) is 0 Å². The van der Waals surface area contributed by atoms with E-state index in [1.54, 1.807) is 23.1 Å². The van der Waals surface area contributed by atoms with Crippen LogP contribution >= 0.6 is 11.6 Å². The van der Waals surface area contributed by atoms with Crippen LogP contribution < -0.4 is 0 Å². The summed E-state index contributed by atoms with van der Waals surface area (Å²) in [6.45, 7) is 0. The van der Waals surface area contributed by atoms with Crippen molar-refractivity contribution in [1.29, 1.82) is 0 Å². The molecule has 0 amide bonds. The first-order chi connectivity index (χ1) is 8.36. The molecular formula is C12H13ClN4. The van der Waals surface area contributed by atoms with Crippen LogP contribution in [-0.4, -0.2) is 19.7 Å². The lowest BCUT2D eigenvalue weighted by Gasteiger charge is -2.00. The number of nitrogens with zero attached hydrogens (tertiary/aromatic N) is 4. The molecule has 17 heavy (non-hydrogen) atoms. The van der Waals surface area contributed by atoms with Gasteiger partial charge in [-0.1, -0.05) is 18.0 Å². The molecule has 5 heteroatoms. The number of aromatic nitrogens is 4. The van der Waals surface area contributed by atoms with Crippen molar-refractivity contribution in [3.8, 4) is 5.95 Å². The molecule has 3 rings (SSSR count). The van der Waals surface area contributed by atoms with Crippen LogP contribution in [0.2, 0.25) is 5.15 Å². The zero-order chi connectivity index (χ0) is 11.7. The fraction of sp³-hybridized carbons (Fsp3) is 0.417. The molecule has 4 nitrogen and oxygen atoms in total. The van der Waals surface area contributed by atoms with E-state index in [0.29, 0.717) is 11.1 Å². The Morgan fingerprint density at radius 3 is 2.65 bits per heavy atom. The molecule has 0 unspecified atom stereocenters. The normalized spacial score (nSPS) is 15.4. The van der Waals surface area contributed by atoms with Crippen molar-refractivity contribution in [3.05, 3.63) is 34.9 Å². The third-order valence-electron chi connectivity index (χ3n) is 3.09. The minimum Gasteiger partial charge on any atom is -0.220 e. The number of hydrogen-bond donors (Lipinski definition) is 0. The predicted octanol–water partition coefficient (Wildman–Crippen LogP) is 2.58. The van der Waals surface area contributed by atoms with Crippen molar-refractivity contribution >= 4 is 11.6 Å². The summed E-state index contributed by atoms with van der Waals surface area (Å²) in [6, 6.07) is 1.78. The Hall–Kier alpha value is -1.42. The molecule has 0 spiro atoms. The van der Waals surface area contributed by atoms with Gasteiger partial charge in [0.05, 0.1) is 5.69 Å². The quantitative estimate of drug-likeness (QED) is 0.729. The van der Waals surface area contributed by atoms with Crippen LogP contribution in [0.25, 0.3) is 5.95 Å². The van der Waals surface area contributed by atoms with E-state index in [2.05, 4.69) is 15.1 Å². The first kappa shape index (κ1) is 10.7. The molecule has 2 aromatic rings. The minimum atomic E-state index is 0.547. The summed E-state index contributed by atoms with van der Waals surface area (Å²) < 4.78 is 1.65. The van der Waals surface area contributed by atoms with Crippen molar-refractivity contribution in [2.45, 2.75) is 32.1 Å². The van der Waals surface area contributed by atoms with E-state index in [0.717, 1.165) is 18.5 Å². The Kier molecular flexibility index (Phi) is 2.81. The van der Waals surface area contributed by atoms with Gasteiger partial charge in [0, 0.05) is 18.0 Å². The number of aryl methyl sites for hydroxylation is 1. The summed E-state index contributed by atoms with van der Waals surface area (Å²) in [4.78, 5) is 8.36. The highest BCUT2D eigenvalue weighted by Crippen LogP contribution is 2.27. The molecule has 0 bridgehead atoms. The van der Waals surface area contributed by atoms with Gasteiger partial charge >= 0.3 is 0 Å². The SMILES string of the molecule is Clc1c2c(nn1-c1ncccn1)CCCCC2. The summed E-state index contributed by atoms with van der Waals surface area (Å²) >= 11 is 6.37. The summed E-state index contributed by atoms with van der Waals surface area (Å²) in [5, 5.41) is 5.21. The predicted molar refractivity (Wildman–Crippen MR) is 65.4 cm³/mol. The van der Waals surface area contributed by atoms with Crippen LogP contribution in [0.5, 0.6) is 0 Å². The van der Waals surface area contributed by atoms with E-state index < -0.39 is 0 Å². The lowest BCUT2D eigenvalue weighted by Crippen LogP contribution is -2.02. The molecule has 2 aromatic heterocycles. The molecule has 0 N–H and O–H groups in total. The highest BCUT2D eigenvalue weighted by molar-refractivity contribution is 6.30. The molecule has 1 aliphatic rings. The first-order valence-electron chi connectivity index (χ1n) is 5.90. The van der Waals surface area contributed by atoms with Crippen LogP contribution in [0.4, 0.5) is 0 Å². The summed E-state index contributed by atoms with van der Waals surface area (Å²) in [5.74, 6) is 0.547. The topological polar surface area (TPSA) is 43.6 Å². The van der Waals surface area contributed by atoms with Crippen LogP contribution in [-0.2, 0) is 12.8 Å². The van der Waals surface area contributed by atoms with E-state index in [1.807, 2.05) is 0 Å². The Morgan fingerprint density at radius 1 is 1.06 bits per heavy atom. The third-order valence-corrected chi connectivity index (χ3v) is 3.47. The van der Waals surface area contributed by atoms with Gasteiger partial charge in [-0.3, -0.25) is 0 Å². The molecule has 0 fully saturated rings. The van der Waals surface area contributed by atoms with E-state index in [-0.39, 0.29) is 0 Å². The minimum absolute atomic E-state index is 0.547. The Labute approximate surface area is 105 Å². The molecule has 0 saturated carbocycles. The molecule has 1 aliphatic carbocycles. The molecule has 0 atom stereocenters. The van der Waals surface area contributed by atoms with Gasteiger partial charge in [-0.05, 0) is 31.7 Å². The number of rotatable bonds is 1. The van der Waals surface area contributed by atoms with E-state index >= 15 is 0 Å². The zero-order valence-corrected chi connectivity index (χ0v) is 10.2. The van der Waals surface area contributed by atoms with Gasteiger partial charge in [-0.15, -0.1) is 0 Å². The van der Waals surface area contributed by atoms with E-state index in [1.165, 1.54) is 24.8 Å². The van der Waals surface area contributed by atoms with Crippen LogP contribution in [0.1, 0.15) is 30.5 Å². The van der Waals surface area contributed by atoms with Crippen LogP contribution in [0.3, 0.4) is 0 Å². The number of hydrogen-bond acceptors (Lipinski definition) is 3. The molecule has 2 heterocycles. The lowest BCUT2D eigenvalue weighted by molar-refractivity contribution is 0.689. The van der Waals surface area contributed by atoms with Crippen molar-refractivity contribution in [1.82, 2.24) is 19.7 Å². The lowest BCUT2D eigenvalue weighted by atomic mass is 10.1. The number of fused-ring (bicyclic) bond motifs is 1. The maximum Gasteiger partial charge on any atom is 0.251 e. The monoisotopic (exact) mass is 248 g/mol. The number of halogens is 1.